The molecule has 0 aliphatic heterocycles. The van der Waals surface area contributed by atoms with E-state index in [-0.39, 0.29) is 41.8 Å². The molecular formula is C23H32O6. The Morgan fingerprint density at radius 3 is 2.45 bits per heavy atom. The molecule has 3 N–H and O–H groups in total. The Hall–Kier alpha value is -1.69. The minimum absolute atomic E-state index is 0.0412. The molecule has 7 atom stereocenters. The molecule has 160 valence electrons. The van der Waals surface area contributed by atoms with Crippen molar-refractivity contribution >= 4 is 17.7 Å². The second-order valence-corrected chi connectivity index (χ2v) is 10.4. The lowest BCUT2D eigenvalue weighted by Crippen LogP contribution is -2.58. The van der Waals surface area contributed by atoms with E-state index in [9.17, 15) is 24.6 Å². The van der Waals surface area contributed by atoms with Crippen LogP contribution in [0.2, 0.25) is 0 Å². The summed E-state index contributed by atoms with van der Waals surface area (Å²) in [6.07, 6.45) is 6.45. The van der Waals surface area contributed by atoms with Crippen LogP contribution in [-0.4, -0.2) is 38.6 Å². The molecule has 3 fully saturated rings. The van der Waals surface area contributed by atoms with Gasteiger partial charge in [-0.15, -0.1) is 0 Å². The maximum Gasteiger partial charge on any atom is 0.307 e. The molecule has 0 aromatic carbocycles. The van der Waals surface area contributed by atoms with E-state index in [2.05, 4.69) is 13.8 Å². The third kappa shape index (κ3) is 2.89. The number of carboxylic acid groups (broad SMARTS) is 2. The fourth-order valence-electron chi connectivity index (χ4n) is 7.65. The van der Waals surface area contributed by atoms with Crippen LogP contribution < -0.4 is 0 Å². The van der Waals surface area contributed by atoms with Gasteiger partial charge in [0, 0.05) is 12.8 Å². The summed E-state index contributed by atoms with van der Waals surface area (Å²) in [4.78, 5) is 35.5. The van der Waals surface area contributed by atoms with Crippen LogP contribution in [0.3, 0.4) is 0 Å². The van der Waals surface area contributed by atoms with Crippen molar-refractivity contribution in [3.63, 3.8) is 0 Å². The molecule has 4 rings (SSSR count). The van der Waals surface area contributed by atoms with Gasteiger partial charge in [-0.25, -0.2) is 0 Å². The van der Waals surface area contributed by atoms with Crippen molar-refractivity contribution in [3.05, 3.63) is 11.6 Å². The van der Waals surface area contributed by atoms with Gasteiger partial charge >= 0.3 is 11.9 Å². The Morgan fingerprint density at radius 1 is 1.10 bits per heavy atom. The average molecular weight is 405 g/mol. The predicted molar refractivity (Wildman–Crippen MR) is 105 cm³/mol. The van der Waals surface area contributed by atoms with E-state index >= 15 is 0 Å². The van der Waals surface area contributed by atoms with Crippen molar-refractivity contribution in [2.24, 2.45) is 34.5 Å². The first-order valence-electron chi connectivity index (χ1n) is 10.9. The van der Waals surface area contributed by atoms with Gasteiger partial charge in [0.05, 0.1) is 11.5 Å². The second kappa shape index (κ2) is 6.66. The number of carbonyl (C=O) groups excluding carboxylic acids is 1. The third-order valence-electron chi connectivity index (χ3n) is 9.41. The van der Waals surface area contributed by atoms with Gasteiger partial charge < -0.3 is 15.3 Å². The first-order valence-corrected chi connectivity index (χ1v) is 10.9. The summed E-state index contributed by atoms with van der Waals surface area (Å²) < 4.78 is 0. The molecule has 6 heteroatoms. The normalized spacial score (nSPS) is 46.3. The number of aliphatic hydroxyl groups is 1. The number of carbonyl (C=O) groups is 3. The Morgan fingerprint density at radius 2 is 1.79 bits per heavy atom. The van der Waals surface area contributed by atoms with Crippen LogP contribution in [0.5, 0.6) is 0 Å². The highest BCUT2D eigenvalue weighted by atomic mass is 16.4. The summed E-state index contributed by atoms with van der Waals surface area (Å²) in [5.74, 6) is -1.95. The predicted octanol–water partition coefficient (Wildman–Crippen LogP) is 3.42. The largest absolute Gasteiger partial charge is 0.481 e. The Labute approximate surface area is 171 Å². The van der Waals surface area contributed by atoms with Crippen LogP contribution in [0, 0.1) is 34.5 Å². The summed E-state index contributed by atoms with van der Waals surface area (Å²) >= 11 is 0. The summed E-state index contributed by atoms with van der Waals surface area (Å²) in [7, 11) is 0. The molecule has 0 radical (unpaired) electrons. The highest BCUT2D eigenvalue weighted by molar-refractivity contribution is 5.92. The number of ketones is 1. The third-order valence-corrected chi connectivity index (χ3v) is 9.41. The van der Waals surface area contributed by atoms with Gasteiger partial charge in [-0.05, 0) is 79.6 Å². The molecule has 0 bridgehead atoms. The van der Waals surface area contributed by atoms with Gasteiger partial charge in [-0.3, -0.25) is 14.4 Å². The van der Waals surface area contributed by atoms with E-state index in [1.807, 2.05) is 0 Å². The highest BCUT2D eigenvalue weighted by Gasteiger charge is 2.66. The molecule has 0 aromatic rings. The number of hydrogen-bond acceptors (Lipinski definition) is 4. The zero-order chi connectivity index (χ0) is 21.2. The van der Waals surface area contributed by atoms with E-state index in [4.69, 9.17) is 5.11 Å². The van der Waals surface area contributed by atoms with E-state index in [1.165, 1.54) is 0 Å². The van der Waals surface area contributed by atoms with Gasteiger partial charge in [0.25, 0.3) is 0 Å². The number of carboxylic acids is 2. The molecule has 0 amide bonds. The molecule has 6 nitrogen and oxygen atoms in total. The minimum atomic E-state index is -1.05. The van der Waals surface area contributed by atoms with Crippen LogP contribution in [0.25, 0.3) is 0 Å². The summed E-state index contributed by atoms with van der Waals surface area (Å²) in [5, 5.41) is 30.7. The van der Waals surface area contributed by atoms with Gasteiger partial charge in [-0.1, -0.05) is 19.4 Å². The molecule has 4 aliphatic rings. The van der Waals surface area contributed by atoms with E-state index in [1.54, 1.807) is 6.08 Å². The van der Waals surface area contributed by atoms with Crippen LogP contribution in [-0.2, 0) is 14.4 Å². The average Bonchev–Trinajstić information content (AvgIpc) is 2.92. The molecule has 0 spiro atoms. The summed E-state index contributed by atoms with van der Waals surface area (Å²) in [5.41, 5.74) is -0.651. The standard InChI is InChI=1S/C23H32O6/c1-21-7-3-14(24)11-13(21)12-15(20(27)28)19-16(21)4-8-22(2)17(19)5-9-23(22,29)10-6-18(25)26/h11,15-17,19,29H,3-10,12H2,1-2H3,(H,25,26)(H,27,28)/t15-,16+,17+,19-,21+,22+,23-/m1/s1. The lowest BCUT2D eigenvalue weighted by Gasteiger charge is -2.60. The zero-order valence-corrected chi connectivity index (χ0v) is 17.3. The number of aliphatic carboxylic acids is 2. The lowest BCUT2D eigenvalue weighted by molar-refractivity contribution is -0.166. The quantitative estimate of drug-likeness (QED) is 0.662. The second-order valence-electron chi connectivity index (χ2n) is 10.4. The van der Waals surface area contributed by atoms with Gasteiger partial charge in [0.15, 0.2) is 5.78 Å². The van der Waals surface area contributed by atoms with Crippen LogP contribution in [0.15, 0.2) is 11.6 Å². The van der Waals surface area contributed by atoms with Gasteiger partial charge in [0.2, 0.25) is 0 Å². The molecule has 3 saturated carbocycles. The fraction of sp³-hybridized carbons (Fsp3) is 0.783. The van der Waals surface area contributed by atoms with Crippen molar-refractivity contribution < 1.29 is 29.7 Å². The first kappa shape index (κ1) is 20.6. The minimum Gasteiger partial charge on any atom is -0.481 e. The molecule has 0 heterocycles. The van der Waals surface area contributed by atoms with E-state index < -0.39 is 28.9 Å². The number of rotatable bonds is 4. The molecule has 0 unspecified atom stereocenters. The van der Waals surface area contributed by atoms with Crippen LogP contribution in [0.1, 0.15) is 71.6 Å². The summed E-state index contributed by atoms with van der Waals surface area (Å²) in [6.45, 7) is 4.26. The molecule has 0 aromatic heterocycles. The Kier molecular flexibility index (Phi) is 4.72. The maximum atomic E-state index is 12.3. The first-order chi connectivity index (χ1) is 13.5. The van der Waals surface area contributed by atoms with Gasteiger partial charge in [-0.2, -0.15) is 0 Å². The van der Waals surface area contributed by atoms with Crippen LogP contribution >= 0.6 is 0 Å². The van der Waals surface area contributed by atoms with Gasteiger partial charge in [0.1, 0.15) is 0 Å². The fourth-order valence-corrected chi connectivity index (χ4v) is 7.65. The molecule has 0 saturated heterocycles. The number of allylic oxidation sites excluding steroid dienone is 1. The monoisotopic (exact) mass is 404 g/mol. The molecule has 4 aliphatic carbocycles. The zero-order valence-electron chi connectivity index (χ0n) is 17.3. The van der Waals surface area contributed by atoms with E-state index in [0.29, 0.717) is 19.3 Å². The smallest absolute Gasteiger partial charge is 0.307 e. The topological polar surface area (TPSA) is 112 Å². The highest BCUT2D eigenvalue weighted by Crippen LogP contribution is 2.69. The number of fused-ring (bicyclic) bond motifs is 5. The van der Waals surface area contributed by atoms with Crippen molar-refractivity contribution in [1.82, 2.24) is 0 Å². The van der Waals surface area contributed by atoms with Crippen molar-refractivity contribution in [3.8, 4) is 0 Å². The van der Waals surface area contributed by atoms with E-state index in [0.717, 1.165) is 31.3 Å². The number of hydrogen-bond donors (Lipinski definition) is 3. The van der Waals surface area contributed by atoms with Crippen LogP contribution in [0.4, 0.5) is 0 Å². The Bertz CT molecular complexity index is 786. The Balaban J connectivity index is 1.72. The maximum absolute atomic E-state index is 12.3. The summed E-state index contributed by atoms with van der Waals surface area (Å²) in [6, 6.07) is 0. The SMILES string of the molecule is C[C@]12CCC(=O)C=C1C[C@@H](C(=O)O)[C@@H]1[C@@H]2CC[C@@]2(C)[C@H]1CC[C@@]2(O)CCC(=O)O. The van der Waals surface area contributed by atoms with Crippen molar-refractivity contribution in [2.75, 3.05) is 0 Å². The van der Waals surface area contributed by atoms with Crippen molar-refractivity contribution in [2.45, 2.75) is 77.2 Å². The molecule has 29 heavy (non-hydrogen) atoms. The van der Waals surface area contributed by atoms with Crippen molar-refractivity contribution in [1.29, 1.82) is 0 Å². The lowest BCUT2D eigenvalue weighted by atomic mass is 9.44. The molecular weight excluding hydrogens is 372 g/mol.